The van der Waals surface area contributed by atoms with Crippen LogP contribution in [0, 0.1) is 0 Å². The molecule has 4 heteroatoms. The van der Waals surface area contributed by atoms with Crippen LogP contribution in [-0.2, 0) is 9.22 Å². The first-order valence-corrected chi connectivity index (χ1v) is 8.51. The van der Waals surface area contributed by atoms with Gasteiger partial charge in [0.05, 0.1) is 5.33 Å². The van der Waals surface area contributed by atoms with Crippen LogP contribution in [0.5, 0.6) is 0 Å². The molecule has 72 valence electrons. The van der Waals surface area contributed by atoms with Gasteiger partial charge < -0.3 is 4.43 Å². The summed E-state index contributed by atoms with van der Waals surface area (Å²) in [5.41, 5.74) is -0.631. The number of carbonyl (C=O) groups is 1. The van der Waals surface area contributed by atoms with Crippen molar-refractivity contribution in [2.24, 2.45) is 0 Å². The number of rotatable bonds is 4. The lowest BCUT2D eigenvalue weighted by Crippen LogP contribution is -2.44. The third kappa shape index (κ3) is 4.38. The summed E-state index contributed by atoms with van der Waals surface area (Å²) < 4.78 is 5.74. The summed E-state index contributed by atoms with van der Waals surface area (Å²) in [7, 11) is -1.61. The van der Waals surface area contributed by atoms with Gasteiger partial charge in [0, 0.05) is 0 Å². The minimum Gasteiger partial charge on any atom is -0.406 e. The maximum absolute atomic E-state index is 11.4. The van der Waals surface area contributed by atoms with Crippen molar-refractivity contribution in [1.29, 1.82) is 0 Å². The molecule has 0 aromatic heterocycles. The van der Waals surface area contributed by atoms with Gasteiger partial charge in [0.15, 0.2) is 14.1 Å². The Morgan fingerprint density at radius 1 is 1.42 bits per heavy atom. The maximum Gasteiger partial charge on any atom is 0.185 e. The van der Waals surface area contributed by atoms with Crippen LogP contribution in [0.25, 0.3) is 0 Å². The Hall–Kier alpha value is 0.327. The van der Waals surface area contributed by atoms with Crippen LogP contribution < -0.4 is 0 Å². The van der Waals surface area contributed by atoms with Crippen molar-refractivity contribution in [1.82, 2.24) is 0 Å². The molecule has 0 rings (SSSR count). The Labute approximate surface area is 83.9 Å². The van der Waals surface area contributed by atoms with E-state index >= 15 is 0 Å². The molecule has 0 saturated carbocycles. The third-order valence-corrected chi connectivity index (χ3v) is 2.99. The quantitative estimate of drug-likeness (QED) is 0.568. The van der Waals surface area contributed by atoms with Crippen molar-refractivity contribution >= 4 is 30.0 Å². The molecule has 0 atom stereocenters. The molecule has 0 aliphatic carbocycles. The molecule has 0 N–H and O–H groups in total. The van der Waals surface area contributed by atoms with Crippen LogP contribution in [0.15, 0.2) is 0 Å². The molecular weight excluding hydrogens is 236 g/mol. The van der Waals surface area contributed by atoms with Crippen molar-refractivity contribution < 1.29 is 9.22 Å². The molecule has 0 aromatic carbocycles. The second-order valence-corrected chi connectivity index (χ2v) is 9.27. The summed E-state index contributed by atoms with van der Waals surface area (Å²) in [6.07, 6.45) is 0. The van der Waals surface area contributed by atoms with E-state index in [1.807, 2.05) is 13.8 Å². The highest BCUT2D eigenvalue weighted by molar-refractivity contribution is 9.09. The first-order valence-electron chi connectivity index (χ1n) is 3.98. The number of ketones is 1. The minimum atomic E-state index is -1.61. The SMILES string of the molecule is CC(C)(O[Si](C)(C)C)C(=O)CBr. The second-order valence-electron chi connectivity index (χ2n) is 4.28. The van der Waals surface area contributed by atoms with Gasteiger partial charge in [0.25, 0.3) is 0 Å². The van der Waals surface area contributed by atoms with E-state index in [0.29, 0.717) is 5.33 Å². The Bertz CT molecular complexity index is 172. The lowest BCUT2D eigenvalue weighted by atomic mass is 10.1. The lowest BCUT2D eigenvalue weighted by molar-refractivity contribution is -0.129. The molecule has 0 amide bonds. The molecular formula is C8H17BrO2Si. The standard InChI is InChI=1S/C8H17BrO2Si/c1-8(2,7(10)6-9)11-12(3,4)5/h6H2,1-5H3. The van der Waals surface area contributed by atoms with Crippen LogP contribution >= 0.6 is 15.9 Å². The number of Topliss-reactive ketones (excluding diaryl/α,β-unsaturated/α-hetero) is 1. The van der Waals surface area contributed by atoms with E-state index in [2.05, 4.69) is 35.6 Å². The molecule has 0 aliphatic rings. The number of hydrogen-bond acceptors (Lipinski definition) is 2. The summed E-state index contributed by atoms with van der Waals surface area (Å²) in [4.78, 5) is 11.4. The van der Waals surface area contributed by atoms with E-state index in [4.69, 9.17) is 4.43 Å². The summed E-state index contributed by atoms with van der Waals surface area (Å²) >= 11 is 3.14. The van der Waals surface area contributed by atoms with Crippen LogP contribution in [0.3, 0.4) is 0 Å². The molecule has 0 spiro atoms. The number of halogens is 1. The molecule has 0 aromatic rings. The zero-order valence-corrected chi connectivity index (χ0v) is 11.0. The molecule has 0 saturated heterocycles. The number of hydrogen-bond donors (Lipinski definition) is 0. The van der Waals surface area contributed by atoms with Gasteiger partial charge in [-0.25, -0.2) is 0 Å². The van der Waals surface area contributed by atoms with Gasteiger partial charge in [0.1, 0.15) is 5.60 Å². The summed E-state index contributed by atoms with van der Waals surface area (Å²) in [6.45, 7) is 9.90. The fourth-order valence-electron chi connectivity index (χ4n) is 0.983. The molecule has 0 fully saturated rings. The van der Waals surface area contributed by atoms with E-state index in [-0.39, 0.29) is 5.78 Å². The summed E-state index contributed by atoms with van der Waals surface area (Å²) in [5, 5.41) is 0.366. The minimum absolute atomic E-state index is 0.102. The van der Waals surface area contributed by atoms with Gasteiger partial charge >= 0.3 is 0 Å². The van der Waals surface area contributed by atoms with E-state index in [0.717, 1.165) is 0 Å². The predicted molar refractivity (Wildman–Crippen MR) is 57.3 cm³/mol. The molecule has 2 nitrogen and oxygen atoms in total. The largest absolute Gasteiger partial charge is 0.406 e. The highest BCUT2D eigenvalue weighted by atomic mass is 79.9. The van der Waals surface area contributed by atoms with Crippen LogP contribution in [0.2, 0.25) is 19.6 Å². The zero-order valence-electron chi connectivity index (χ0n) is 8.40. The lowest BCUT2D eigenvalue weighted by Gasteiger charge is -2.31. The fourth-order valence-corrected chi connectivity index (χ4v) is 3.30. The molecule has 12 heavy (non-hydrogen) atoms. The van der Waals surface area contributed by atoms with E-state index < -0.39 is 13.9 Å². The van der Waals surface area contributed by atoms with Gasteiger partial charge in [-0.3, -0.25) is 4.79 Å². The monoisotopic (exact) mass is 252 g/mol. The summed E-state index contributed by atoms with van der Waals surface area (Å²) in [6, 6.07) is 0. The highest BCUT2D eigenvalue weighted by Crippen LogP contribution is 2.18. The Kier molecular flexibility index (Phi) is 4.13. The van der Waals surface area contributed by atoms with Crippen molar-refractivity contribution in [3.63, 3.8) is 0 Å². The summed E-state index contributed by atoms with van der Waals surface area (Å²) in [5.74, 6) is 0.102. The average molecular weight is 253 g/mol. The Morgan fingerprint density at radius 3 is 2.08 bits per heavy atom. The average Bonchev–Trinajstić information content (AvgIpc) is 1.80. The van der Waals surface area contributed by atoms with Gasteiger partial charge in [0.2, 0.25) is 0 Å². The first kappa shape index (κ1) is 12.3. The van der Waals surface area contributed by atoms with Crippen molar-refractivity contribution in [2.45, 2.75) is 39.1 Å². The first-order chi connectivity index (χ1) is 5.19. The fraction of sp³-hybridized carbons (Fsp3) is 0.875. The second kappa shape index (κ2) is 4.02. The van der Waals surface area contributed by atoms with Gasteiger partial charge in [-0.2, -0.15) is 0 Å². The molecule has 0 radical (unpaired) electrons. The van der Waals surface area contributed by atoms with Crippen molar-refractivity contribution in [3.05, 3.63) is 0 Å². The van der Waals surface area contributed by atoms with E-state index in [1.54, 1.807) is 0 Å². The van der Waals surface area contributed by atoms with E-state index in [1.165, 1.54) is 0 Å². The van der Waals surface area contributed by atoms with Gasteiger partial charge in [-0.1, -0.05) is 15.9 Å². The van der Waals surface area contributed by atoms with Gasteiger partial charge in [-0.05, 0) is 33.5 Å². The van der Waals surface area contributed by atoms with Crippen LogP contribution in [0.1, 0.15) is 13.8 Å². The number of carbonyl (C=O) groups excluding carboxylic acids is 1. The van der Waals surface area contributed by atoms with Crippen LogP contribution in [0.4, 0.5) is 0 Å². The Balaban J connectivity index is 4.32. The van der Waals surface area contributed by atoms with Crippen LogP contribution in [-0.4, -0.2) is 25.0 Å². The molecule has 0 heterocycles. The predicted octanol–water partition coefficient (Wildman–Crippen LogP) is 2.58. The highest BCUT2D eigenvalue weighted by Gasteiger charge is 2.32. The zero-order chi connectivity index (χ0) is 9.99. The van der Waals surface area contributed by atoms with Gasteiger partial charge in [-0.15, -0.1) is 0 Å². The normalized spacial score (nSPS) is 13.2. The molecule has 0 unspecified atom stereocenters. The third-order valence-electron chi connectivity index (χ3n) is 1.35. The Morgan fingerprint density at radius 2 is 1.83 bits per heavy atom. The smallest absolute Gasteiger partial charge is 0.185 e. The number of alkyl halides is 1. The van der Waals surface area contributed by atoms with E-state index in [9.17, 15) is 4.79 Å². The maximum atomic E-state index is 11.4. The molecule has 0 aliphatic heterocycles. The van der Waals surface area contributed by atoms with Crippen molar-refractivity contribution in [2.75, 3.05) is 5.33 Å². The molecule has 0 bridgehead atoms. The van der Waals surface area contributed by atoms with Crippen molar-refractivity contribution in [3.8, 4) is 0 Å². The topological polar surface area (TPSA) is 26.3 Å².